The summed E-state index contributed by atoms with van der Waals surface area (Å²) in [6, 6.07) is 9.94. The molecule has 0 radical (unpaired) electrons. The van der Waals surface area contributed by atoms with Crippen molar-refractivity contribution < 1.29 is 18.0 Å². The number of carbonyl (C=O) groups is 2. The summed E-state index contributed by atoms with van der Waals surface area (Å²) in [4.78, 5) is 27.5. The summed E-state index contributed by atoms with van der Waals surface area (Å²) < 4.78 is 25.6. The maximum atomic E-state index is 13.1. The molecule has 160 valence electrons. The quantitative estimate of drug-likeness (QED) is 0.734. The number of thioether (sulfide) groups is 1. The van der Waals surface area contributed by atoms with E-state index in [4.69, 9.17) is 0 Å². The zero-order valence-corrected chi connectivity index (χ0v) is 19.0. The lowest BCUT2D eigenvalue weighted by molar-refractivity contribution is -0.119. The Hall–Kier alpha value is -2.52. The van der Waals surface area contributed by atoms with Crippen molar-refractivity contribution in [3.63, 3.8) is 0 Å². The molecular formula is C21H25N3O4S2. The summed E-state index contributed by atoms with van der Waals surface area (Å²) in [6.45, 7) is 5.74. The van der Waals surface area contributed by atoms with Gasteiger partial charge < -0.3 is 10.2 Å². The van der Waals surface area contributed by atoms with Crippen LogP contribution in [0.3, 0.4) is 0 Å². The summed E-state index contributed by atoms with van der Waals surface area (Å²) in [5.74, 6) is 0.352. The van der Waals surface area contributed by atoms with E-state index in [1.807, 2.05) is 32.0 Å². The molecule has 0 spiro atoms. The largest absolute Gasteiger partial charge is 0.324 e. The molecule has 2 aromatic carbocycles. The molecule has 7 nitrogen and oxygen atoms in total. The third-order valence-corrected chi connectivity index (χ3v) is 6.60. The Morgan fingerprint density at radius 1 is 1.03 bits per heavy atom. The second-order valence-corrected chi connectivity index (χ2v) is 10.2. The Morgan fingerprint density at radius 3 is 2.40 bits per heavy atom. The van der Waals surface area contributed by atoms with Crippen LogP contribution in [-0.2, 0) is 14.8 Å². The number of carbonyl (C=O) groups excluding carboxylic acids is 2. The number of hydrogen-bond acceptors (Lipinski definition) is 5. The first-order valence-electron chi connectivity index (χ1n) is 9.40. The van der Waals surface area contributed by atoms with Gasteiger partial charge in [-0.1, -0.05) is 12.1 Å². The zero-order valence-electron chi connectivity index (χ0n) is 17.4. The van der Waals surface area contributed by atoms with Crippen LogP contribution >= 0.6 is 11.8 Å². The Balaban J connectivity index is 1.79. The fourth-order valence-electron chi connectivity index (χ4n) is 3.14. The number of aryl methyl sites for hydroxylation is 3. The molecule has 1 unspecified atom stereocenters. The van der Waals surface area contributed by atoms with Crippen LogP contribution in [0.5, 0.6) is 0 Å². The highest BCUT2D eigenvalue weighted by molar-refractivity contribution is 7.99. The number of nitrogens with zero attached hydrogens (tertiary/aromatic N) is 1. The molecule has 9 heteroatoms. The Labute approximate surface area is 181 Å². The Morgan fingerprint density at radius 2 is 1.73 bits per heavy atom. The molecule has 3 rings (SSSR count). The average Bonchev–Trinajstić information content (AvgIpc) is 3.15. The van der Waals surface area contributed by atoms with Gasteiger partial charge >= 0.3 is 0 Å². The standard InChI is InChI=1S/C21H25N3O4S2/c1-13-6-8-17(9-15(13)3)22-20(25)19-11-29-12-24(19)21(26)16-7-5-14(2)18(10-16)23-30(4,27)28/h5-10,19,23H,11-12H2,1-4H3,(H,22,25). The Kier molecular flexibility index (Phi) is 6.42. The molecule has 2 aromatic rings. The van der Waals surface area contributed by atoms with Gasteiger partial charge in [0.1, 0.15) is 6.04 Å². The van der Waals surface area contributed by atoms with E-state index >= 15 is 0 Å². The Bertz CT molecular complexity index is 1100. The first-order chi connectivity index (χ1) is 14.0. The van der Waals surface area contributed by atoms with Gasteiger partial charge in [0.05, 0.1) is 17.8 Å². The first-order valence-corrected chi connectivity index (χ1v) is 12.4. The van der Waals surface area contributed by atoms with Crippen LogP contribution in [0.4, 0.5) is 11.4 Å². The molecular weight excluding hydrogens is 422 g/mol. The van der Waals surface area contributed by atoms with Gasteiger partial charge in [-0.25, -0.2) is 8.42 Å². The van der Waals surface area contributed by atoms with Crippen LogP contribution in [0.25, 0.3) is 0 Å². The predicted molar refractivity (Wildman–Crippen MR) is 121 cm³/mol. The first kappa shape index (κ1) is 22.2. The number of hydrogen-bond donors (Lipinski definition) is 2. The van der Waals surface area contributed by atoms with Gasteiger partial charge in [-0.15, -0.1) is 11.8 Å². The van der Waals surface area contributed by atoms with Crippen LogP contribution in [0.2, 0.25) is 0 Å². The lowest BCUT2D eigenvalue weighted by atomic mass is 10.1. The molecule has 0 bridgehead atoms. The van der Waals surface area contributed by atoms with E-state index in [9.17, 15) is 18.0 Å². The number of anilines is 2. The fraction of sp³-hybridized carbons (Fsp3) is 0.333. The summed E-state index contributed by atoms with van der Waals surface area (Å²) >= 11 is 1.51. The molecule has 1 atom stereocenters. The number of benzene rings is 2. The van der Waals surface area contributed by atoms with Gasteiger partial charge in [0, 0.05) is 17.0 Å². The average molecular weight is 448 g/mol. The van der Waals surface area contributed by atoms with E-state index in [-0.39, 0.29) is 11.8 Å². The topological polar surface area (TPSA) is 95.6 Å². The fourth-order valence-corrected chi connectivity index (χ4v) is 4.91. The van der Waals surface area contributed by atoms with Crippen molar-refractivity contribution in [2.75, 3.05) is 27.9 Å². The van der Waals surface area contributed by atoms with Gasteiger partial charge in [-0.05, 0) is 61.7 Å². The highest BCUT2D eigenvalue weighted by Gasteiger charge is 2.35. The van der Waals surface area contributed by atoms with E-state index in [2.05, 4.69) is 10.0 Å². The summed E-state index contributed by atoms with van der Waals surface area (Å²) in [5.41, 5.74) is 4.30. The molecule has 2 amide bonds. The van der Waals surface area contributed by atoms with E-state index < -0.39 is 16.1 Å². The second kappa shape index (κ2) is 8.69. The van der Waals surface area contributed by atoms with Gasteiger partial charge in [0.15, 0.2) is 0 Å². The molecule has 1 fully saturated rings. The third-order valence-electron chi connectivity index (χ3n) is 5.00. The minimum atomic E-state index is -3.47. The number of rotatable bonds is 5. The molecule has 0 aromatic heterocycles. The van der Waals surface area contributed by atoms with Crippen LogP contribution in [0.1, 0.15) is 27.0 Å². The van der Waals surface area contributed by atoms with Crippen LogP contribution in [0, 0.1) is 20.8 Å². The molecule has 1 aliphatic rings. The molecule has 1 aliphatic heterocycles. The number of sulfonamides is 1. The van der Waals surface area contributed by atoms with Gasteiger partial charge in [0.2, 0.25) is 15.9 Å². The van der Waals surface area contributed by atoms with E-state index in [1.165, 1.54) is 22.7 Å². The van der Waals surface area contributed by atoms with Gasteiger partial charge in [-0.2, -0.15) is 0 Å². The third kappa shape index (κ3) is 5.14. The molecule has 0 aliphatic carbocycles. The maximum absolute atomic E-state index is 13.1. The molecule has 0 saturated carbocycles. The SMILES string of the molecule is Cc1ccc(NC(=O)C2CSCN2C(=O)c2ccc(C)c(NS(C)(=O)=O)c2)cc1C. The van der Waals surface area contributed by atoms with Crippen molar-refractivity contribution in [2.45, 2.75) is 26.8 Å². The van der Waals surface area contributed by atoms with Crippen molar-refractivity contribution in [3.8, 4) is 0 Å². The number of amides is 2. The van der Waals surface area contributed by atoms with E-state index in [1.54, 1.807) is 19.1 Å². The normalized spacial score (nSPS) is 16.4. The lowest BCUT2D eigenvalue weighted by Gasteiger charge is -2.23. The highest BCUT2D eigenvalue weighted by atomic mass is 32.2. The van der Waals surface area contributed by atoms with E-state index in [0.29, 0.717) is 34.1 Å². The van der Waals surface area contributed by atoms with Crippen LogP contribution < -0.4 is 10.0 Å². The van der Waals surface area contributed by atoms with Crippen molar-refractivity contribution in [3.05, 3.63) is 58.7 Å². The number of nitrogens with one attached hydrogen (secondary N) is 2. The highest BCUT2D eigenvalue weighted by Crippen LogP contribution is 2.26. The predicted octanol–water partition coefficient (Wildman–Crippen LogP) is 3.14. The van der Waals surface area contributed by atoms with Gasteiger partial charge in [0.25, 0.3) is 5.91 Å². The smallest absolute Gasteiger partial charge is 0.255 e. The van der Waals surface area contributed by atoms with Crippen molar-refractivity contribution >= 4 is 45.0 Å². The van der Waals surface area contributed by atoms with Crippen molar-refractivity contribution in [1.29, 1.82) is 0 Å². The summed E-state index contributed by atoms with van der Waals surface area (Å²) in [5, 5.41) is 2.90. The minimum Gasteiger partial charge on any atom is -0.324 e. The van der Waals surface area contributed by atoms with Crippen molar-refractivity contribution in [1.82, 2.24) is 4.90 Å². The van der Waals surface area contributed by atoms with E-state index in [0.717, 1.165) is 17.4 Å². The second-order valence-electron chi connectivity index (χ2n) is 7.48. The molecule has 1 heterocycles. The monoisotopic (exact) mass is 447 g/mol. The molecule has 30 heavy (non-hydrogen) atoms. The maximum Gasteiger partial charge on any atom is 0.255 e. The summed E-state index contributed by atoms with van der Waals surface area (Å²) in [6.07, 6.45) is 1.06. The van der Waals surface area contributed by atoms with Crippen LogP contribution in [0.15, 0.2) is 36.4 Å². The summed E-state index contributed by atoms with van der Waals surface area (Å²) in [7, 11) is -3.47. The molecule has 1 saturated heterocycles. The van der Waals surface area contributed by atoms with Crippen LogP contribution in [-0.4, -0.2) is 49.1 Å². The zero-order chi connectivity index (χ0) is 22.1. The van der Waals surface area contributed by atoms with Crippen molar-refractivity contribution in [2.24, 2.45) is 0 Å². The lowest BCUT2D eigenvalue weighted by Crippen LogP contribution is -2.44. The minimum absolute atomic E-state index is 0.238. The van der Waals surface area contributed by atoms with Gasteiger partial charge in [-0.3, -0.25) is 14.3 Å². The molecule has 2 N–H and O–H groups in total.